The lowest BCUT2D eigenvalue weighted by atomic mass is 10.1. The highest BCUT2D eigenvalue weighted by molar-refractivity contribution is 5.94. The Hall–Kier alpha value is -3.49. The fourth-order valence-corrected chi connectivity index (χ4v) is 3.23. The number of likely N-dealkylation sites (N-methyl/N-ethyl adjacent to an activating group) is 1. The first-order valence-corrected chi connectivity index (χ1v) is 9.92. The number of amides is 1. The molecule has 0 saturated carbocycles. The van der Waals surface area contributed by atoms with Crippen LogP contribution in [-0.4, -0.2) is 61.5 Å². The van der Waals surface area contributed by atoms with Crippen molar-refractivity contribution in [2.24, 2.45) is 0 Å². The van der Waals surface area contributed by atoms with Crippen LogP contribution in [0.15, 0.2) is 61.2 Å². The standard InChI is InChI=1S/C13H13N3O.C10H14N2O2/c17-8-7-16-13(5-6-15-16)11-9-14-12-4-2-1-3-10(11)12;1-7-4-8(6-11-5-7)9(13)10(14)12(2)3/h1-6,9,14,17H,7-8H2;4-6,9,13H,1-3H3. The third-order valence-electron chi connectivity index (χ3n) is 4.78. The molecule has 162 valence electrons. The second kappa shape index (κ2) is 10.0. The number of hydrogen-bond donors (Lipinski definition) is 3. The van der Waals surface area contributed by atoms with E-state index in [4.69, 9.17) is 5.11 Å². The predicted molar refractivity (Wildman–Crippen MR) is 119 cm³/mol. The lowest BCUT2D eigenvalue weighted by Gasteiger charge is -2.15. The summed E-state index contributed by atoms with van der Waals surface area (Å²) in [5, 5.41) is 24.0. The molecule has 4 aromatic rings. The van der Waals surface area contributed by atoms with Crippen molar-refractivity contribution in [3.05, 3.63) is 72.3 Å². The number of para-hydroxylation sites is 1. The van der Waals surface area contributed by atoms with Crippen molar-refractivity contribution in [3.63, 3.8) is 0 Å². The smallest absolute Gasteiger partial charge is 0.255 e. The lowest BCUT2D eigenvalue weighted by Crippen LogP contribution is -2.28. The van der Waals surface area contributed by atoms with Gasteiger partial charge in [0.2, 0.25) is 0 Å². The first-order valence-electron chi connectivity index (χ1n) is 9.92. The molecular formula is C23H27N5O3. The molecule has 0 aliphatic carbocycles. The average Bonchev–Trinajstić information content (AvgIpc) is 3.40. The minimum Gasteiger partial charge on any atom is -0.394 e. The summed E-state index contributed by atoms with van der Waals surface area (Å²) in [5.41, 5.74) is 4.71. The number of rotatable bonds is 5. The van der Waals surface area contributed by atoms with Crippen LogP contribution < -0.4 is 0 Å². The molecule has 8 heteroatoms. The molecule has 3 aromatic heterocycles. The molecule has 8 nitrogen and oxygen atoms in total. The number of aliphatic hydroxyl groups excluding tert-OH is 2. The largest absolute Gasteiger partial charge is 0.394 e. The van der Waals surface area contributed by atoms with E-state index in [1.165, 1.54) is 16.5 Å². The Morgan fingerprint density at radius 1 is 1.23 bits per heavy atom. The Balaban J connectivity index is 0.000000180. The number of fused-ring (bicyclic) bond motifs is 1. The number of aromatic nitrogens is 4. The van der Waals surface area contributed by atoms with Gasteiger partial charge in [-0.25, -0.2) is 0 Å². The second-order valence-electron chi connectivity index (χ2n) is 7.34. The van der Waals surface area contributed by atoms with E-state index in [-0.39, 0.29) is 12.5 Å². The summed E-state index contributed by atoms with van der Waals surface area (Å²) < 4.78 is 1.82. The fraction of sp³-hybridized carbons (Fsp3) is 0.261. The van der Waals surface area contributed by atoms with Gasteiger partial charge in [0.05, 0.1) is 18.8 Å². The highest BCUT2D eigenvalue weighted by Gasteiger charge is 2.19. The molecule has 31 heavy (non-hydrogen) atoms. The SMILES string of the molecule is Cc1cncc(C(O)C(=O)N(C)C)c1.OCCn1nccc1-c1c[nH]c2ccccc12. The number of carbonyl (C=O) groups excluding carboxylic acids is 1. The summed E-state index contributed by atoms with van der Waals surface area (Å²) in [5.74, 6) is -0.336. The summed E-state index contributed by atoms with van der Waals surface area (Å²) in [6.45, 7) is 2.47. The molecule has 0 spiro atoms. The van der Waals surface area contributed by atoms with E-state index in [1.807, 2.05) is 42.1 Å². The Bertz CT molecular complexity index is 1150. The van der Waals surface area contributed by atoms with E-state index in [9.17, 15) is 9.90 Å². The minimum absolute atomic E-state index is 0.0943. The van der Waals surface area contributed by atoms with Gasteiger partial charge < -0.3 is 20.1 Å². The zero-order valence-electron chi connectivity index (χ0n) is 17.9. The lowest BCUT2D eigenvalue weighted by molar-refractivity contribution is -0.137. The number of H-pyrrole nitrogens is 1. The number of benzene rings is 1. The molecule has 1 unspecified atom stereocenters. The molecule has 0 radical (unpaired) electrons. The summed E-state index contributed by atoms with van der Waals surface area (Å²) in [7, 11) is 3.21. The first-order chi connectivity index (χ1) is 14.9. The molecule has 0 bridgehead atoms. The van der Waals surface area contributed by atoms with Crippen LogP contribution >= 0.6 is 0 Å². The molecule has 0 aliphatic rings. The summed E-state index contributed by atoms with van der Waals surface area (Å²) >= 11 is 0. The van der Waals surface area contributed by atoms with Gasteiger partial charge in [-0.15, -0.1) is 0 Å². The van der Waals surface area contributed by atoms with Crippen molar-refractivity contribution < 1.29 is 15.0 Å². The monoisotopic (exact) mass is 421 g/mol. The maximum absolute atomic E-state index is 11.4. The van der Waals surface area contributed by atoms with Gasteiger partial charge in [-0.3, -0.25) is 14.5 Å². The van der Waals surface area contributed by atoms with E-state index in [0.717, 1.165) is 22.3 Å². The molecule has 0 fully saturated rings. The minimum atomic E-state index is -1.11. The van der Waals surface area contributed by atoms with E-state index < -0.39 is 6.10 Å². The number of nitrogens with one attached hydrogen (secondary N) is 1. The average molecular weight is 422 g/mol. The molecular weight excluding hydrogens is 394 g/mol. The van der Waals surface area contributed by atoms with Crippen LogP contribution in [0.5, 0.6) is 0 Å². The van der Waals surface area contributed by atoms with Gasteiger partial charge >= 0.3 is 0 Å². The molecule has 1 atom stereocenters. The zero-order valence-corrected chi connectivity index (χ0v) is 17.9. The predicted octanol–water partition coefficient (Wildman–Crippen LogP) is 2.54. The maximum atomic E-state index is 11.4. The van der Waals surface area contributed by atoms with Crippen molar-refractivity contribution >= 4 is 16.8 Å². The van der Waals surface area contributed by atoms with Crippen LogP contribution in [-0.2, 0) is 11.3 Å². The van der Waals surface area contributed by atoms with Gasteiger partial charge in [-0.05, 0) is 30.7 Å². The Kier molecular flexibility index (Phi) is 7.17. The van der Waals surface area contributed by atoms with Crippen molar-refractivity contribution in [1.82, 2.24) is 24.6 Å². The van der Waals surface area contributed by atoms with Crippen molar-refractivity contribution in [1.29, 1.82) is 0 Å². The van der Waals surface area contributed by atoms with Gasteiger partial charge in [0.1, 0.15) is 0 Å². The summed E-state index contributed by atoms with van der Waals surface area (Å²) in [6, 6.07) is 11.9. The third kappa shape index (κ3) is 5.17. The zero-order chi connectivity index (χ0) is 22.4. The molecule has 3 N–H and O–H groups in total. The Morgan fingerprint density at radius 3 is 2.71 bits per heavy atom. The van der Waals surface area contributed by atoms with Crippen molar-refractivity contribution in [2.45, 2.75) is 19.6 Å². The van der Waals surface area contributed by atoms with Gasteiger partial charge in [-0.2, -0.15) is 5.10 Å². The molecule has 3 heterocycles. The van der Waals surface area contributed by atoms with E-state index in [0.29, 0.717) is 12.1 Å². The van der Waals surface area contributed by atoms with Crippen LogP contribution in [0.4, 0.5) is 0 Å². The van der Waals surface area contributed by atoms with E-state index >= 15 is 0 Å². The number of aliphatic hydroxyl groups is 2. The quantitative estimate of drug-likeness (QED) is 0.459. The number of aromatic amines is 1. The molecule has 1 amide bonds. The van der Waals surface area contributed by atoms with E-state index in [2.05, 4.69) is 21.1 Å². The highest BCUT2D eigenvalue weighted by Crippen LogP contribution is 2.28. The fourth-order valence-electron chi connectivity index (χ4n) is 3.23. The maximum Gasteiger partial charge on any atom is 0.255 e. The number of pyridine rings is 1. The molecule has 0 aliphatic heterocycles. The number of aryl methyl sites for hydroxylation is 1. The van der Waals surface area contributed by atoms with E-state index in [1.54, 1.807) is 32.6 Å². The normalized spacial score (nSPS) is 11.6. The van der Waals surface area contributed by atoms with Gasteiger partial charge in [0.15, 0.2) is 6.10 Å². The first kappa shape index (κ1) is 22.2. The summed E-state index contributed by atoms with van der Waals surface area (Å²) in [4.78, 5) is 19.9. The third-order valence-corrected chi connectivity index (χ3v) is 4.78. The molecule has 4 rings (SSSR count). The van der Waals surface area contributed by atoms with Crippen LogP contribution in [0.2, 0.25) is 0 Å². The molecule has 1 aromatic carbocycles. The number of nitrogens with zero attached hydrogens (tertiary/aromatic N) is 4. The van der Waals surface area contributed by atoms with Gasteiger partial charge in [0.25, 0.3) is 5.91 Å². The Morgan fingerprint density at radius 2 is 2.00 bits per heavy atom. The van der Waals surface area contributed by atoms with Crippen LogP contribution in [0.3, 0.4) is 0 Å². The topological polar surface area (TPSA) is 107 Å². The number of carbonyl (C=O) groups is 1. The van der Waals surface area contributed by atoms with Crippen LogP contribution in [0, 0.1) is 6.92 Å². The van der Waals surface area contributed by atoms with Gasteiger partial charge in [0, 0.05) is 60.9 Å². The second-order valence-corrected chi connectivity index (χ2v) is 7.34. The molecule has 0 saturated heterocycles. The number of hydrogen-bond acceptors (Lipinski definition) is 5. The van der Waals surface area contributed by atoms with Crippen molar-refractivity contribution in [2.75, 3.05) is 20.7 Å². The van der Waals surface area contributed by atoms with Crippen LogP contribution in [0.1, 0.15) is 17.2 Å². The van der Waals surface area contributed by atoms with Gasteiger partial charge in [-0.1, -0.05) is 18.2 Å². The summed E-state index contributed by atoms with van der Waals surface area (Å²) in [6.07, 6.45) is 5.80. The van der Waals surface area contributed by atoms with Crippen LogP contribution in [0.25, 0.3) is 22.2 Å². The Labute approximate surface area is 180 Å². The highest BCUT2D eigenvalue weighted by atomic mass is 16.3. The van der Waals surface area contributed by atoms with Crippen molar-refractivity contribution in [3.8, 4) is 11.3 Å².